The molecule has 0 saturated carbocycles. The van der Waals surface area contributed by atoms with Crippen LogP contribution in [0, 0.1) is 0 Å². The summed E-state index contributed by atoms with van der Waals surface area (Å²) < 4.78 is 15.5. The summed E-state index contributed by atoms with van der Waals surface area (Å²) in [5.41, 5.74) is 0.214. The number of hydrogen-bond acceptors (Lipinski definition) is 5. The first-order chi connectivity index (χ1) is 11.0. The summed E-state index contributed by atoms with van der Waals surface area (Å²) >= 11 is 0. The van der Waals surface area contributed by atoms with Gasteiger partial charge >= 0.3 is 0 Å². The lowest BCUT2D eigenvalue weighted by Crippen LogP contribution is -2.42. The minimum absolute atomic E-state index is 0.0294. The Morgan fingerprint density at radius 3 is 2.35 bits per heavy atom. The van der Waals surface area contributed by atoms with Crippen LogP contribution in [0.5, 0.6) is 11.5 Å². The fourth-order valence-electron chi connectivity index (χ4n) is 2.14. The zero-order valence-electron chi connectivity index (χ0n) is 14.7. The Morgan fingerprint density at radius 1 is 1.04 bits per heavy atom. The maximum Gasteiger partial charge on any atom is 0.230 e. The van der Waals surface area contributed by atoms with Crippen LogP contribution in [-0.2, 0) is 14.9 Å². The smallest absolute Gasteiger partial charge is 0.230 e. The van der Waals surface area contributed by atoms with E-state index in [2.05, 4.69) is 10.6 Å². The topological polar surface area (TPSA) is 68.8 Å². The van der Waals surface area contributed by atoms with E-state index in [-0.39, 0.29) is 5.91 Å². The Hall–Kier alpha value is -1.79. The Balaban J connectivity index is 2.64. The van der Waals surface area contributed by atoms with E-state index in [9.17, 15) is 4.79 Å². The van der Waals surface area contributed by atoms with Crippen LogP contribution >= 0.6 is 0 Å². The van der Waals surface area contributed by atoms with Crippen molar-refractivity contribution < 1.29 is 19.0 Å². The molecular formula is C17H28N2O4. The van der Waals surface area contributed by atoms with Crippen molar-refractivity contribution >= 4 is 5.91 Å². The second-order valence-corrected chi connectivity index (χ2v) is 5.69. The van der Waals surface area contributed by atoms with Crippen molar-refractivity contribution in [2.45, 2.75) is 19.3 Å². The number of methoxy groups -OCH3 is 3. The highest BCUT2D eigenvalue weighted by atomic mass is 16.5. The first-order valence-corrected chi connectivity index (χ1v) is 7.67. The van der Waals surface area contributed by atoms with Crippen molar-refractivity contribution in [3.63, 3.8) is 0 Å². The number of rotatable bonds is 10. The molecule has 130 valence electrons. The molecule has 0 aromatic heterocycles. The molecule has 0 aliphatic heterocycles. The van der Waals surface area contributed by atoms with Crippen LogP contribution < -0.4 is 20.1 Å². The van der Waals surface area contributed by atoms with Gasteiger partial charge in [0.2, 0.25) is 5.91 Å². The summed E-state index contributed by atoms with van der Waals surface area (Å²) in [4.78, 5) is 12.5. The summed E-state index contributed by atoms with van der Waals surface area (Å²) in [6.07, 6.45) is 0. The summed E-state index contributed by atoms with van der Waals surface area (Å²) in [6, 6.07) is 5.54. The molecule has 0 unspecified atom stereocenters. The summed E-state index contributed by atoms with van der Waals surface area (Å²) in [7, 11) is 4.83. The fourth-order valence-corrected chi connectivity index (χ4v) is 2.14. The van der Waals surface area contributed by atoms with Gasteiger partial charge in [-0.1, -0.05) is 6.07 Å². The normalized spacial score (nSPS) is 11.2. The van der Waals surface area contributed by atoms with E-state index in [1.807, 2.05) is 32.0 Å². The monoisotopic (exact) mass is 324 g/mol. The number of nitrogens with one attached hydrogen (secondary N) is 2. The van der Waals surface area contributed by atoms with Gasteiger partial charge in [0.25, 0.3) is 0 Å². The minimum atomic E-state index is -0.661. The summed E-state index contributed by atoms with van der Waals surface area (Å²) in [6.45, 7) is 6.48. The van der Waals surface area contributed by atoms with E-state index >= 15 is 0 Å². The highest BCUT2D eigenvalue weighted by molar-refractivity contribution is 5.87. The Kier molecular flexibility index (Phi) is 7.85. The third kappa shape index (κ3) is 5.41. The molecule has 1 amide bonds. The molecule has 0 aliphatic carbocycles. The van der Waals surface area contributed by atoms with Crippen molar-refractivity contribution in [1.29, 1.82) is 0 Å². The molecule has 1 rings (SSSR count). The molecule has 0 atom stereocenters. The molecule has 0 heterocycles. The second-order valence-electron chi connectivity index (χ2n) is 5.69. The molecule has 6 heteroatoms. The molecule has 0 spiro atoms. The third-order valence-electron chi connectivity index (χ3n) is 3.74. The van der Waals surface area contributed by atoms with Gasteiger partial charge in [0.1, 0.15) is 0 Å². The Labute approximate surface area is 138 Å². The van der Waals surface area contributed by atoms with Crippen LogP contribution in [0.3, 0.4) is 0 Å². The maximum absolute atomic E-state index is 12.5. The van der Waals surface area contributed by atoms with Crippen molar-refractivity contribution in [2.24, 2.45) is 0 Å². The molecule has 6 nitrogen and oxygen atoms in total. The van der Waals surface area contributed by atoms with Crippen LogP contribution in [0.4, 0.5) is 0 Å². The van der Waals surface area contributed by atoms with E-state index in [0.717, 1.165) is 12.1 Å². The van der Waals surface area contributed by atoms with E-state index in [1.54, 1.807) is 21.3 Å². The lowest BCUT2D eigenvalue weighted by Gasteiger charge is -2.25. The van der Waals surface area contributed by atoms with E-state index in [4.69, 9.17) is 14.2 Å². The third-order valence-corrected chi connectivity index (χ3v) is 3.74. The van der Waals surface area contributed by atoms with Crippen molar-refractivity contribution in [2.75, 3.05) is 47.6 Å². The molecule has 2 N–H and O–H groups in total. The average molecular weight is 324 g/mol. The molecule has 23 heavy (non-hydrogen) atoms. The van der Waals surface area contributed by atoms with Crippen molar-refractivity contribution in [3.05, 3.63) is 23.8 Å². The molecule has 0 radical (unpaired) electrons. The van der Waals surface area contributed by atoms with Gasteiger partial charge in [-0.25, -0.2) is 0 Å². The van der Waals surface area contributed by atoms with Crippen molar-refractivity contribution in [3.8, 4) is 11.5 Å². The highest BCUT2D eigenvalue weighted by Crippen LogP contribution is 2.33. The van der Waals surface area contributed by atoms with Crippen LogP contribution in [0.15, 0.2) is 18.2 Å². The van der Waals surface area contributed by atoms with Gasteiger partial charge in [0.15, 0.2) is 11.5 Å². The minimum Gasteiger partial charge on any atom is -0.493 e. The first kappa shape index (κ1) is 19.3. The Morgan fingerprint density at radius 2 is 1.74 bits per heavy atom. The van der Waals surface area contributed by atoms with Gasteiger partial charge in [0, 0.05) is 26.7 Å². The quantitative estimate of drug-likeness (QED) is 0.636. The molecule has 0 fully saturated rings. The number of carbonyl (C=O) groups excluding carboxylic acids is 1. The van der Waals surface area contributed by atoms with Crippen molar-refractivity contribution in [1.82, 2.24) is 10.6 Å². The lowest BCUT2D eigenvalue weighted by atomic mass is 9.83. The van der Waals surface area contributed by atoms with Gasteiger partial charge in [-0.15, -0.1) is 0 Å². The highest BCUT2D eigenvalue weighted by Gasteiger charge is 2.30. The zero-order valence-corrected chi connectivity index (χ0v) is 14.7. The van der Waals surface area contributed by atoms with E-state index in [0.29, 0.717) is 31.2 Å². The van der Waals surface area contributed by atoms with Crippen LogP contribution in [-0.4, -0.2) is 53.5 Å². The number of carbonyl (C=O) groups is 1. The molecule has 0 saturated heterocycles. The molecule has 0 bridgehead atoms. The van der Waals surface area contributed by atoms with Gasteiger partial charge < -0.3 is 24.8 Å². The van der Waals surface area contributed by atoms with E-state index < -0.39 is 5.41 Å². The largest absolute Gasteiger partial charge is 0.493 e. The Bertz CT molecular complexity index is 503. The van der Waals surface area contributed by atoms with Crippen LogP contribution in [0.1, 0.15) is 19.4 Å². The predicted molar refractivity (Wildman–Crippen MR) is 90.3 cm³/mol. The van der Waals surface area contributed by atoms with Crippen LogP contribution in [0.25, 0.3) is 0 Å². The fraction of sp³-hybridized carbons (Fsp3) is 0.588. The number of amides is 1. The maximum atomic E-state index is 12.5. The summed E-state index contributed by atoms with van der Waals surface area (Å²) in [5, 5.41) is 6.14. The predicted octanol–water partition coefficient (Wildman–Crippen LogP) is 1.33. The second kappa shape index (κ2) is 9.37. The van der Waals surface area contributed by atoms with Gasteiger partial charge in [-0.2, -0.15) is 0 Å². The first-order valence-electron chi connectivity index (χ1n) is 7.67. The molecule has 0 aliphatic rings. The molecular weight excluding hydrogens is 296 g/mol. The lowest BCUT2D eigenvalue weighted by molar-refractivity contribution is -0.125. The molecule has 1 aromatic rings. The molecule has 1 aromatic carbocycles. The van der Waals surface area contributed by atoms with E-state index in [1.165, 1.54) is 0 Å². The SMILES string of the molecule is COCCNCCNC(=O)C(C)(C)c1ccc(OC)c(OC)c1. The van der Waals surface area contributed by atoms with Gasteiger partial charge in [0.05, 0.1) is 26.2 Å². The number of ether oxygens (including phenoxy) is 3. The average Bonchev–Trinajstić information content (AvgIpc) is 2.56. The van der Waals surface area contributed by atoms with Crippen LogP contribution in [0.2, 0.25) is 0 Å². The van der Waals surface area contributed by atoms with Gasteiger partial charge in [-0.3, -0.25) is 4.79 Å². The summed E-state index contributed by atoms with van der Waals surface area (Å²) in [5.74, 6) is 1.24. The number of benzene rings is 1. The standard InChI is InChI=1S/C17H28N2O4/c1-17(2,16(20)19-9-8-18-10-11-21-3)13-6-7-14(22-4)15(12-13)23-5/h6-7,12,18H,8-11H2,1-5H3,(H,19,20). The number of hydrogen-bond donors (Lipinski definition) is 2. The zero-order chi connectivity index (χ0) is 17.3. The van der Waals surface area contributed by atoms with Gasteiger partial charge in [-0.05, 0) is 31.5 Å².